The number of rotatable bonds is 6. The zero-order valence-electron chi connectivity index (χ0n) is 22.8. The molecule has 1 aliphatic carbocycles. The van der Waals surface area contributed by atoms with Crippen molar-refractivity contribution in [2.45, 2.75) is 90.1 Å². The number of amides is 2. The molecule has 0 unspecified atom stereocenters. The van der Waals surface area contributed by atoms with Crippen LogP contribution in [0.1, 0.15) is 99.1 Å². The van der Waals surface area contributed by atoms with Gasteiger partial charge in [-0.15, -0.1) is 0 Å². The lowest BCUT2D eigenvalue weighted by atomic mass is 9.85. The predicted octanol–water partition coefficient (Wildman–Crippen LogP) is 5.57. The molecule has 2 N–H and O–H groups in total. The highest BCUT2D eigenvalue weighted by Crippen LogP contribution is 2.30. The summed E-state index contributed by atoms with van der Waals surface area (Å²) in [6.07, 6.45) is 2.95. The van der Waals surface area contributed by atoms with Crippen molar-refractivity contribution in [1.29, 1.82) is 0 Å². The minimum atomic E-state index is -0.513. The Kier molecular flexibility index (Phi) is 8.24. The standard InChI is InChI=1S/C28H36N4O6/c1-27(2,3)19-11-17(13-21(15-19)31(35)36)25(33)29-23-9-7-8-10-24(23)30-26(34)18-12-20(28(4,5)6)16-22(14-18)32(37)38/h11-16,23-24H,7-10H2,1-6H3,(H,29,33)(H,30,34)/t23-,24-/m0/s1. The molecule has 204 valence electrons. The van der Waals surface area contributed by atoms with Crippen LogP contribution in [0.5, 0.6) is 0 Å². The highest BCUT2D eigenvalue weighted by molar-refractivity contribution is 5.96. The maximum absolute atomic E-state index is 13.2. The molecule has 0 heterocycles. The van der Waals surface area contributed by atoms with Gasteiger partial charge in [-0.2, -0.15) is 0 Å². The van der Waals surface area contributed by atoms with E-state index in [9.17, 15) is 29.8 Å². The number of nitrogens with one attached hydrogen (secondary N) is 2. The molecule has 10 heteroatoms. The lowest BCUT2D eigenvalue weighted by molar-refractivity contribution is -0.385. The number of hydrogen-bond donors (Lipinski definition) is 2. The van der Waals surface area contributed by atoms with Crippen LogP contribution >= 0.6 is 0 Å². The Morgan fingerprint density at radius 1 is 0.684 bits per heavy atom. The minimum absolute atomic E-state index is 0.156. The third-order valence-electron chi connectivity index (χ3n) is 6.91. The number of non-ortho nitro benzene ring substituents is 2. The van der Waals surface area contributed by atoms with E-state index in [-0.39, 0.29) is 22.5 Å². The Hall–Kier alpha value is -3.82. The van der Waals surface area contributed by atoms with Gasteiger partial charge in [0.25, 0.3) is 23.2 Å². The number of nitrogens with zero attached hydrogens (tertiary/aromatic N) is 2. The van der Waals surface area contributed by atoms with E-state index in [4.69, 9.17) is 0 Å². The normalized spacial score (nSPS) is 17.9. The molecule has 0 aromatic heterocycles. The molecule has 1 fully saturated rings. The van der Waals surface area contributed by atoms with Crippen molar-refractivity contribution < 1.29 is 19.4 Å². The molecule has 10 nitrogen and oxygen atoms in total. The van der Waals surface area contributed by atoms with Gasteiger partial charge in [0.2, 0.25) is 0 Å². The summed E-state index contributed by atoms with van der Waals surface area (Å²) in [7, 11) is 0. The summed E-state index contributed by atoms with van der Waals surface area (Å²) in [6.45, 7) is 11.5. The molecule has 2 amide bonds. The van der Waals surface area contributed by atoms with Crippen molar-refractivity contribution in [1.82, 2.24) is 10.6 Å². The summed E-state index contributed by atoms with van der Waals surface area (Å²) < 4.78 is 0. The van der Waals surface area contributed by atoms with Gasteiger partial charge in [0.05, 0.1) is 9.85 Å². The van der Waals surface area contributed by atoms with Crippen LogP contribution in [0.2, 0.25) is 0 Å². The summed E-state index contributed by atoms with van der Waals surface area (Å²) in [6, 6.07) is 8.02. The average molecular weight is 525 g/mol. The second-order valence-corrected chi connectivity index (χ2v) is 12.0. The van der Waals surface area contributed by atoms with Crippen molar-refractivity contribution in [2.75, 3.05) is 0 Å². The van der Waals surface area contributed by atoms with Crippen LogP contribution in [0.25, 0.3) is 0 Å². The first kappa shape index (κ1) is 28.7. The van der Waals surface area contributed by atoms with E-state index < -0.39 is 44.6 Å². The third-order valence-corrected chi connectivity index (χ3v) is 6.91. The van der Waals surface area contributed by atoms with E-state index >= 15 is 0 Å². The molecule has 0 saturated heterocycles. The lowest BCUT2D eigenvalue weighted by Gasteiger charge is -2.33. The molecule has 38 heavy (non-hydrogen) atoms. The average Bonchev–Trinajstić information content (AvgIpc) is 2.83. The van der Waals surface area contributed by atoms with Crippen molar-refractivity contribution >= 4 is 23.2 Å². The first-order valence-corrected chi connectivity index (χ1v) is 12.8. The topological polar surface area (TPSA) is 144 Å². The fraction of sp³-hybridized carbons (Fsp3) is 0.500. The quantitative estimate of drug-likeness (QED) is 0.373. The highest BCUT2D eigenvalue weighted by atomic mass is 16.6. The second-order valence-electron chi connectivity index (χ2n) is 12.0. The summed E-state index contributed by atoms with van der Waals surface area (Å²) in [5, 5.41) is 28.9. The SMILES string of the molecule is CC(C)(C)c1cc(C(=O)N[C@H]2CCCC[C@@H]2NC(=O)c2cc([N+](=O)[O-])cc(C(C)(C)C)c2)cc([N+](=O)[O-])c1. The van der Waals surface area contributed by atoms with Crippen LogP contribution in [0.4, 0.5) is 11.4 Å². The van der Waals surface area contributed by atoms with Gasteiger partial charge in [0, 0.05) is 47.5 Å². The van der Waals surface area contributed by atoms with Crippen molar-refractivity contribution in [3.05, 3.63) is 78.9 Å². The van der Waals surface area contributed by atoms with E-state index in [0.29, 0.717) is 24.0 Å². The summed E-state index contributed by atoms with van der Waals surface area (Å²) in [5.41, 5.74) is 0.616. The molecule has 2 aromatic rings. The van der Waals surface area contributed by atoms with Gasteiger partial charge in [-0.3, -0.25) is 29.8 Å². The molecule has 2 atom stereocenters. The molecule has 1 saturated carbocycles. The van der Waals surface area contributed by atoms with Crippen LogP contribution in [0.3, 0.4) is 0 Å². The minimum Gasteiger partial charge on any atom is -0.347 e. The Bertz CT molecular complexity index is 1160. The molecular formula is C28H36N4O6. The molecule has 3 rings (SSSR count). The zero-order valence-corrected chi connectivity index (χ0v) is 22.8. The smallest absolute Gasteiger partial charge is 0.270 e. The van der Waals surface area contributed by atoms with Crippen molar-refractivity contribution in [3.63, 3.8) is 0 Å². The van der Waals surface area contributed by atoms with E-state index in [2.05, 4.69) is 10.6 Å². The number of carbonyl (C=O) groups excluding carboxylic acids is 2. The van der Waals surface area contributed by atoms with Gasteiger partial charge in [0.1, 0.15) is 0 Å². The van der Waals surface area contributed by atoms with Gasteiger partial charge >= 0.3 is 0 Å². The summed E-state index contributed by atoms with van der Waals surface area (Å²) in [5.74, 6) is -0.897. The Morgan fingerprint density at radius 2 is 1.03 bits per heavy atom. The van der Waals surface area contributed by atoms with E-state index in [1.54, 1.807) is 12.1 Å². The molecule has 0 bridgehead atoms. The van der Waals surface area contributed by atoms with Crippen LogP contribution in [0.15, 0.2) is 36.4 Å². The van der Waals surface area contributed by atoms with Crippen molar-refractivity contribution in [2.24, 2.45) is 0 Å². The van der Waals surface area contributed by atoms with Crippen LogP contribution in [-0.4, -0.2) is 33.7 Å². The number of carbonyl (C=O) groups is 2. The molecule has 2 aromatic carbocycles. The highest BCUT2D eigenvalue weighted by Gasteiger charge is 2.30. The second kappa shape index (κ2) is 10.9. The van der Waals surface area contributed by atoms with Gasteiger partial charge in [-0.25, -0.2) is 0 Å². The van der Waals surface area contributed by atoms with Gasteiger partial charge in [0.15, 0.2) is 0 Å². The lowest BCUT2D eigenvalue weighted by Crippen LogP contribution is -2.53. The van der Waals surface area contributed by atoms with Crippen LogP contribution in [0, 0.1) is 20.2 Å². The Balaban J connectivity index is 1.84. The maximum atomic E-state index is 13.2. The Morgan fingerprint density at radius 3 is 1.32 bits per heavy atom. The number of hydrogen-bond acceptors (Lipinski definition) is 6. The molecule has 1 aliphatic rings. The number of benzene rings is 2. The van der Waals surface area contributed by atoms with E-state index in [1.165, 1.54) is 24.3 Å². The first-order chi connectivity index (χ1) is 17.6. The van der Waals surface area contributed by atoms with E-state index in [1.807, 2.05) is 41.5 Å². The maximum Gasteiger partial charge on any atom is 0.270 e. The fourth-order valence-corrected chi connectivity index (χ4v) is 4.54. The van der Waals surface area contributed by atoms with Gasteiger partial charge < -0.3 is 10.6 Å². The Labute approximate surface area is 222 Å². The van der Waals surface area contributed by atoms with Crippen LogP contribution in [-0.2, 0) is 10.8 Å². The number of nitro benzene ring substituents is 2. The molecular weight excluding hydrogens is 488 g/mol. The van der Waals surface area contributed by atoms with E-state index in [0.717, 1.165) is 12.8 Å². The third kappa shape index (κ3) is 6.93. The van der Waals surface area contributed by atoms with Gasteiger partial charge in [-0.1, -0.05) is 54.4 Å². The number of nitro groups is 2. The molecule has 0 spiro atoms. The first-order valence-electron chi connectivity index (χ1n) is 12.8. The largest absolute Gasteiger partial charge is 0.347 e. The van der Waals surface area contributed by atoms with Gasteiger partial charge in [-0.05, 0) is 46.9 Å². The monoisotopic (exact) mass is 524 g/mol. The van der Waals surface area contributed by atoms with Crippen LogP contribution < -0.4 is 10.6 Å². The molecule has 0 radical (unpaired) electrons. The zero-order chi connectivity index (χ0) is 28.4. The summed E-state index contributed by atoms with van der Waals surface area (Å²) >= 11 is 0. The molecule has 0 aliphatic heterocycles. The van der Waals surface area contributed by atoms with Crippen molar-refractivity contribution in [3.8, 4) is 0 Å². The predicted molar refractivity (Wildman–Crippen MR) is 145 cm³/mol. The fourth-order valence-electron chi connectivity index (χ4n) is 4.54. The summed E-state index contributed by atoms with van der Waals surface area (Å²) in [4.78, 5) is 48.4.